The number of rotatable bonds is 2. The lowest BCUT2D eigenvalue weighted by atomic mass is 9.81. The van der Waals surface area contributed by atoms with Gasteiger partial charge in [0.1, 0.15) is 0 Å². The van der Waals surface area contributed by atoms with Gasteiger partial charge in [-0.2, -0.15) is 0 Å². The summed E-state index contributed by atoms with van der Waals surface area (Å²) in [5.74, 6) is 0. The highest BCUT2D eigenvalue weighted by Gasteiger charge is 2.36. The molecule has 3 aromatic heterocycles. The minimum Gasteiger partial charge on any atom is -0.309 e. The van der Waals surface area contributed by atoms with E-state index in [1.807, 2.05) is 12.3 Å². The maximum Gasteiger partial charge on any atom is 0.0795 e. The largest absolute Gasteiger partial charge is 0.309 e. The molecule has 1 aliphatic carbocycles. The molecular formula is C43H29N3. The van der Waals surface area contributed by atoms with Crippen LogP contribution in [0.25, 0.3) is 82.5 Å². The summed E-state index contributed by atoms with van der Waals surface area (Å²) in [7, 11) is 0. The van der Waals surface area contributed by atoms with E-state index in [0.717, 1.165) is 43.8 Å². The van der Waals surface area contributed by atoms with Gasteiger partial charge in [-0.15, -0.1) is 0 Å². The molecule has 1 aliphatic rings. The standard InChI is InChI=1S/C43H29N3/c1-43(2)36-23-26(38-21-20-33-31-16-10-22-44-41(31)30-14-6-7-15-32(30)42(33)45-38)18-19-28(36)34-25-40-35(24-37(34)43)29-13-8-9-17-39(29)46(40)27-11-4-3-5-12-27/h3-25H,1-2H3. The molecule has 0 spiro atoms. The van der Waals surface area contributed by atoms with Gasteiger partial charge in [-0.05, 0) is 76.9 Å². The highest BCUT2D eigenvalue weighted by molar-refractivity contribution is 6.23. The smallest absolute Gasteiger partial charge is 0.0795 e. The minimum absolute atomic E-state index is 0.157. The van der Waals surface area contributed by atoms with Crippen LogP contribution in [0.3, 0.4) is 0 Å². The molecule has 0 atom stereocenters. The first-order valence-corrected chi connectivity index (χ1v) is 15.9. The predicted octanol–water partition coefficient (Wildman–Crippen LogP) is 11.0. The normalized spacial score (nSPS) is 13.6. The van der Waals surface area contributed by atoms with Crippen LogP contribution < -0.4 is 0 Å². The lowest BCUT2D eigenvalue weighted by Gasteiger charge is -2.22. The molecule has 0 unspecified atom stereocenters. The minimum atomic E-state index is -0.157. The zero-order valence-electron chi connectivity index (χ0n) is 25.6. The van der Waals surface area contributed by atoms with Gasteiger partial charge in [0.15, 0.2) is 0 Å². The number of hydrogen-bond acceptors (Lipinski definition) is 2. The number of benzene rings is 6. The highest BCUT2D eigenvalue weighted by Crippen LogP contribution is 2.52. The van der Waals surface area contributed by atoms with Crippen molar-refractivity contribution in [1.82, 2.24) is 14.5 Å². The molecule has 0 radical (unpaired) electrons. The van der Waals surface area contributed by atoms with E-state index in [4.69, 9.17) is 9.97 Å². The number of pyridine rings is 2. The fourth-order valence-corrected chi connectivity index (χ4v) is 7.99. The van der Waals surface area contributed by atoms with Crippen LogP contribution in [-0.2, 0) is 5.41 Å². The molecule has 3 nitrogen and oxygen atoms in total. The molecule has 0 N–H and O–H groups in total. The number of aromatic nitrogens is 3. The Balaban J connectivity index is 1.18. The Morgan fingerprint density at radius 3 is 2.00 bits per heavy atom. The lowest BCUT2D eigenvalue weighted by Crippen LogP contribution is -2.15. The van der Waals surface area contributed by atoms with Crippen molar-refractivity contribution in [3.8, 4) is 28.1 Å². The summed E-state index contributed by atoms with van der Waals surface area (Å²) >= 11 is 0. The SMILES string of the molecule is CC1(C)c2cc(-c3ccc4c5cccnc5c5ccccc5c4n3)ccc2-c2cc3c(cc21)c1ccccc1n3-c1ccccc1. The zero-order valence-corrected chi connectivity index (χ0v) is 25.6. The topological polar surface area (TPSA) is 30.7 Å². The Morgan fingerprint density at radius 2 is 1.17 bits per heavy atom. The van der Waals surface area contributed by atoms with Crippen molar-refractivity contribution in [1.29, 1.82) is 0 Å². The molecule has 10 rings (SSSR count). The zero-order chi connectivity index (χ0) is 30.6. The molecule has 3 heterocycles. The molecule has 46 heavy (non-hydrogen) atoms. The van der Waals surface area contributed by atoms with Gasteiger partial charge < -0.3 is 4.57 Å². The Labute approximate surface area is 266 Å². The molecule has 0 bridgehead atoms. The third-order valence-corrected chi connectivity index (χ3v) is 10.2. The molecule has 216 valence electrons. The van der Waals surface area contributed by atoms with E-state index in [0.29, 0.717) is 0 Å². The first-order chi connectivity index (χ1) is 22.6. The van der Waals surface area contributed by atoms with Crippen molar-refractivity contribution in [2.75, 3.05) is 0 Å². The van der Waals surface area contributed by atoms with Gasteiger partial charge in [0.25, 0.3) is 0 Å². The maximum atomic E-state index is 5.33. The summed E-state index contributed by atoms with van der Waals surface area (Å²) in [5.41, 5.74) is 13.0. The maximum absolute atomic E-state index is 5.33. The molecule has 0 aliphatic heterocycles. The van der Waals surface area contributed by atoms with E-state index in [2.05, 4.69) is 146 Å². The predicted molar refractivity (Wildman–Crippen MR) is 192 cm³/mol. The van der Waals surface area contributed by atoms with Crippen LogP contribution in [0.15, 0.2) is 140 Å². The summed E-state index contributed by atoms with van der Waals surface area (Å²) in [5, 5.41) is 7.13. The lowest BCUT2D eigenvalue weighted by molar-refractivity contribution is 0.661. The van der Waals surface area contributed by atoms with Crippen molar-refractivity contribution >= 4 is 54.4 Å². The van der Waals surface area contributed by atoms with Gasteiger partial charge in [0.05, 0.1) is 27.8 Å². The fourth-order valence-electron chi connectivity index (χ4n) is 7.99. The second kappa shape index (κ2) is 9.12. The summed E-state index contributed by atoms with van der Waals surface area (Å²) in [6, 6.07) is 48.4. The van der Waals surface area contributed by atoms with Crippen LogP contribution in [0.1, 0.15) is 25.0 Å². The third kappa shape index (κ3) is 3.37. The Morgan fingerprint density at radius 1 is 0.500 bits per heavy atom. The van der Waals surface area contributed by atoms with Gasteiger partial charge >= 0.3 is 0 Å². The van der Waals surface area contributed by atoms with Crippen LogP contribution >= 0.6 is 0 Å². The molecule has 0 amide bonds. The fraction of sp³-hybridized carbons (Fsp3) is 0.0698. The molecule has 6 aromatic carbocycles. The van der Waals surface area contributed by atoms with Gasteiger partial charge in [-0.25, -0.2) is 4.98 Å². The second-order valence-corrected chi connectivity index (χ2v) is 13.0. The molecule has 9 aromatic rings. The quantitative estimate of drug-likeness (QED) is 0.188. The number of nitrogens with zero attached hydrogens (tertiary/aromatic N) is 3. The van der Waals surface area contributed by atoms with E-state index < -0.39 is 0 Å². The summed E-state index contributed by atoms with van der Waals surface area (Å²) in [4.78, 5) is 10.1. The van der Waals surface area contributed by atoms with Crippen molar-refractivity contribution < 1.29 is 0 Å². The Hall–Kier alpha value is -5.80. The van der Waals surface area contributed by atoms with Crippen LogP contribution in [-0.4, -0.2) is 14.5 Å². The van der Waals surface area contributed by atoms with Crippen LogP contribution in [0.4, 0.5) is 0 Å². The molecular weight excluding hydrogens is 558 g/mol. The van der Waals surface area contributed by atoms with E-state index >= 15 is 0 Å². The van der Waals surface area contributed by atoms with E-state index in [-0.39, 0.29) is 5.41 Å². The third-order valence-electron chi connectivity index (χ3n) is 10.2. The van der Waals surface area contributed by atoms with Crippen LogP contribution in [0.2, 0.25) is 0 Å². The average molecular weight is 588 g/mol. The van der Waals surface area contributed by atoms with Crippen LogP contribution in [0, 0.1) is 0 Å². The van der Waals surface area contributed by atoms with Gasteiger partial charge in [0.2, 0.25) is 0 Å². The molecule has 0 saturated heterocycles. The first-order valence-electron chi connectivity index (χ1n) is 15.9. The number of hydrogen-bond donors (Lipinski definition) is 0. The van der Waals surface area contributed by atoms with Crippen molar-refractivity contribution in [2.24, 2.45) is 0 Å². The van der Waals surface area contributed by atoms with E-state index in [9.17, 15) is 0 Å². The average Bonchev–Trinajstić information content (AvgIpc) is 3.55. The van der Waals surface area contributed by atoms with E-state index in [1.54, 1.807) is 0 Å². The van der Waals surface area contributed by atoms with Crippen molar-refractivity contribution in [2.45, 2.75) is 19.3 Å². The molecule has 0 saturated carbocycles. The first kappa shape index (κ1) is 25.5. The van der Waals surface area contributed by atoms with Gasteiger partial charge in [-0.1, -0.05) is 92.7 Å². The monoisotopic (exact) mass is 587 g/mol. The number of para-hydroxylation sites is 2. The molecule has 3 heteroatoms. The van der Waals surface area contributed by atoms with Crippen molar-refractivity contribution in [3.05, 3.63) is 151 Å². The van der Waals surface area contributed by atoms with Gasteiger partial charge in [-0.3, -0.25) is 4.98 Å². The van der Waals surface area contributed by atoms with Crippen LogP contribution in [0.5, 0.6) is 0 Å². The second-order valence-electron chi connectivity index (χ2n) is 13.0. The van der Waals surface area contributed by atoms with Crippen molar-refractivity contribution in [3.63, 3.8) is 0 Å². The Kier molecular flexibility index (Phi) is 5.06. The Bertz CT molecular complexity index is 2680. The highest BCUT2D eigenvalue weighted by atomic mass is 15.0. The van der Waals surface area contributed by atoms with Gasteiger partial charge in [0, 0.05) is 55.2 Å². The summed E-state index contributed by atoms with van der Waals surface area (Å²) in [6.07, 6.45) is 1.87. The number of fused-ring (bicyclic) bond motifs is 12. The van der Waals surface area contributed by atoms with E-state index in [1.165, 1.54) is 49.7 Å². The summed E-state index contributed by atoms with van der Waals surface area (Å²) in [6.45, 7) is 4.73. The molecule has 0 fully saturated rings. The summed E-state index contributed by atoms with van der Waals surface area (Å²) < 4.78 is 2.41.